The molecule has 0 radical (unpaired) electrons. The van der Waals surface area contributed by atoms with E-state index in [2.05, 4.69) is 47.0 Å². The van der Waals surface area contributed by atoms with Gasteiger partial charge in [-0.05, 0) is 64.9 Å². The van der Waals surface area contributed by atoms with Gasteiger partial charge < -0.3 is 30.9 Å². The van der Waals surface area contributed by atoms with Crippen molar-refractivity contribution in [1.29, 1.82) is 0 Å². The minimum atomic E-state index is -0.562. The Labute approximate surface area is 335 Å². The lowest BCUT2D eigenvalue weighted by Gasteiger charge is -2.36. The molecule has 1 saturated heterocycles. The summed E-state index contributed by atoms with van der Waals surface area (Å²) in [5.74, 6) is 0.647. The average Bonchev–Trinajstić information content (AvgIpc) is 3.66. The number of thiazole rings is 1. The normalized spacial score (nSPS) is 16.8. The molecule has 6 aromatic rings. The Morgan fingerprint density at radius 3 is 2.30 bits per heavy atom. The van der Waals surface area contributed by atoms with Gasteiger partial charge in [-0.3, -0.25) is 9.59 Å². The highest BCUT2D eigenvalue weighted by Gasteiger charge is 2.32. The van der Waals surface area contributed by atoms with Crippen LogP contribution in [-0.2, 0) is 32.2 Å². The molecule has 5 aromatic carbocycles. The third-order valence-corrected chi connectivity index (χ3v) is 12.1. The summed E-state index contributed by atoms with van der Waals surface area (Å²) in [5.41, 5.74) is 14.0. The Morgan fingerprint density at radius 1 is 0.804 bits per heavy atom. The van der Waals surface area contributed by atoms with E-state index in [1.807, 2.05) is 72.8 Å². The van der Waals surface area contributed by atoms with Crippen LogP contribution in [0.4, 0.5) is 11.4 Å². The number of nitrogens with zero attached hydrogens (tertiary/aromatic N) is 1. The molecule has 0 saturated carbocycles. The molecule has 1 aromatic heterocycles. The number of fused-ring (bicyclic) bond motifs is 1. The van der Waals surface area contributed by atoms with Crippen LogP contribution in [-0.4, -0.2) is 33.8 Å². The lowest BCUT2D eigenvalue weighted by atomic mass is 9.97. The fourth-order valence-electron chi connectivity index (χ4n) is 6.73. The second kappa shape index (κ2) is 19.2. The number of hydrogen-bond acceptors (Lipinski definition) is 9. The van der Waals surface area contributed by atoms with Gasteiger partial charge in [-0.1, -0.05) is 115 Å². The molecule has 56 heavy (non-hydrogen) atoms. The van der Waals surface area contributed by atoms with Crippen molar-refractivity contribution in [3.8, 4) is 11.1 Å². The number of nitrogens with one attached hydrogen (secondary N) is 2. The summed E-state index contributed by atoms with van der Waals surface area (Å²) in [7, 11) is 0. The van der Waals surface area contributed by atoms with Gasteiger partial charge in [0.1, 0.15) is 0 Å². The highest BCUT2D eigenvalue weighted by Crippen LogP contribution is 2.41. The van der Waals surface area contributed by atoms with Crippen molar-refractivity contribution in [1.82, 2.24) is 10.3 Å². The van der Waals surface area contributed by atoms with Crippen molar-refractivity contribution in [2.24, 2.45) is 0 Å². The molecule has 1 aliphatic rings. The van der Waals surface area contributed by atoms with Crippen LogP contribution in [0.3, 0.4) is 0 Å². The van der Waals surface area contributed by atoms with Crippen molar-refractivity contribution in [3.63, 3.8) is 0 Å². The summed E-state index contributed by atoms with van der Waals surface area (Å²) in [4.78, 5) is 29.9. The van der Waals surface area contributed by atoms with Gasteiger partial charge in [-0.15, -0.1) is 11.3 Å². The minimum absolute atomic E-state index is 0.00359. The SMILES string of the molecule is Nc1ccccc1NC(=O)CCCCCC(=O)NCc1ccccc1-c1ccc([C@@H]2O[C@H](CSc3nc4ccccc4s3)C[C@H](c3ccc(CO)cc3)O2)cc1. The quantitative estimate of drug-likeness (QED) is 0.0433. The molecule has 0 spiro atoms. The van der Waals surface area contributed by atoms with Crippen LogP contribution in [0.1, 0.15) is 73.2 Å². The van der Waals surface area contributed by atoms with Crippen molar-refractivity contribution in [3.05, 3.63) is 144 Å². The number of para-hydroxylation sites is 3. The maximum atomic E-state index is 12.8. The maximum absolute atomic E-state index is 12.8. The van der Waals surface area contributed by atoms with Gasteiger partial charge in [-0.2, -0.15) is 0 Å². The molecule has 2 heterocycles. The zero-order chi connectivity index (χ0) is 38.7. The predicted octanol–water partition coefficient (Wildman–Crippen LogP) is 9.58. The number of anilines is 2. The number of benzene rings is 5. The van der Waals surface area contributed by atoms with Gasteiger partial charge in [0.15, 0.2) is 10.6 Å². The molecular weight excluding hydrogens is 741 g/mol. The number of carbonyl (C=O) groups excluding carboxylic acids is 2. The third-order valence-electron chi connectivity index (χ3n) is 9.81. The number of aliphatic hydroxyl groups excluding tert-OH is 1. The van der Waals surface area contributed by atoms with Gasteiger partial charge in [-0.25, -0.2) is 4.98 Å². The highest BCUT2D eigenvalue weighted by atomic mass is 32.2. The fraction of sp³-hybridized carbons (Fsp3) is 0.267. The second-order valence-electron chi connectivity index (χ2n) is 13.9. The van der Waals surface area contributed by atoms with E-state index in [1.54, 1.807) is 35.2 Å². The summed E-state index contributed by atoms with van der Waals surface area (Å²) in [6.07, 6.45) is 2.85. The molecule has 1 fully saturated rings. The average molecular weight is 787 g/mol. The summed E-state index contributed by atoms with van der Waals surface area (Å²) in [5, 5.41) is 15.5. The fourth-order valence-corrected chi connectivity index (χ4v) is 8.84. The maximum Gasteiger partial charge on any atom is 0.224 e. The molecular formula is C45H46N4O5S2. The number of ether oxygens (including phenoxy) is 2. The molecule has 7 rings (SSSR count). The number of amides is 2. The van der Waals surface area contributed by atoms with E-state index in [9.17, 15) is 14.7 Å². The van der Waals surface area contributed by atoms with Gasteiger partial charge in [0.2, 0.25) is 11.8 Å². The molecule has 0 unspecified atom stereocenters. The van der Waals surface area contributed by atoms with E-state index < -0.39 is 6.29 Å². The van der Waals surface area contributed by atoms with Crippen LogP contribution in [0.25, 0.3) is 21.3 Å². The van der Waals surface area contributed by atoms with Crippen molar-refractivity contribution in [2.75, 3.05) is 16.8 Å². The molecule has 288 valence electrons. The van der Waals surface area contributed by atoms with Crippen LogP contribution >= 0.6 is 23.1 Å². The van der Waals surface area contributed by atoms with Crippen LogP contribution < -0.4 is 16.4 Å². The molecule has 0 aliphatic carbocycles. The number of aromatic nitrogens is 1. The Morgan fingerprint density at radius 2 is 1.52 bits per heavy atom. The number of aliphatic hydroxyl groups is 1. The predicted molar refractivity (Wildman–Crippen MR) is 225 cm³/mol. The zero-order valence-corrected chi connectivity index (χ0v) is 32.7. The van der Waals surface area contributed by atoms with Crippen molar-refractivity contribution in [2.45, 2.75) is 74.5 Å². The van der Waals surface area contributed by atoms with Crippen LogP contribution in [0.15, 0.2) is 126 Å². The number of nitrogens with two attached hydrogens (primary N) is 1. The van der Waals surface area contributed by atoms with E-state index in [0.29, 0.717) is 50.0 Å². The lowest BCUT2D eigenvalue weighted by Crippen LogP contribution is -2.31. The smallest absolute Gasteiger partial charge is 0.224 e. The van der Waals surface area contributed by atoms with Gasteiger partial charge in [0.25, 0.3) is 0 Å². The zero-order valence-electron chi connectivity index (χ0n) is 31.1. The number of thioether (sulfide) groups is 1. The standard InChI is InChI=1S/C45H46N4O5S2/c46-37-12-6-7-13-38(37)48-43(52)17-3-1-2-16-42(51)47-27-34-10-4-5-11-36(34)31-22-24-33(25-23-31)44-53-35(26-40(54-44)32-20-18-30(28-50)19-21-32)29-55-45-49-39-14-8-9-15-41(39)56-45/h4-15,18-25,35,40,44,50H,1-3,16-17,26-29,46H2,(H,47,51)(H,48,52)/t35-,40+,44+/m0/s1. The van der Waals surface area contributed by atoms with Gasteiger partial charge in [0.05, 0.1) is 40.4 Å². The Bertz CT molecular complexity index is 2190. The summed E-state index contributed by atoms with van der Waals surface area (Å²) >= 11 is 3.41. The molecule has 1 aliphatic heterocycles. The summed E-state index contributed by atoms with van der Waals surface area (Å²) in [6, 6.07) is 39.7. The Hall–Kier alpha value is -5.04. The van der Waals surface area contributed by atoms with E-state index in [4.69, 9.17) is 20.2 Å². The number of rotatable bonds is 16. The monoisotopic (exact) mass is 786 g/mol. The number of carbonyl (C=O) groups is 2. The Kier molecular flexibility index (Phi) is 13.4. The highest BCUT2D eigenvalue weighted by molar-refractivity contribution is 8.01. The molecule has 3 atom stereocenters. The number of hydrogen-bond donors (Lipinski definition) is 4. The first-order valence-corrected chi connectivity index (χ1v) is 20.8. The van der Waals surface area contributed by atoms with Crippen LogP contribution in [0.2, 0.25) is 0 Å². The Balaban J connectivity index is 0.940. The minimum Gasteiger partial charge on any atom is -0.397 e. The van der Waals surface area contributed by atoms with E-state index >= 15 is 0 Å². The molecule has 0 bridgehead atoms. The molecule has 11 heteroatoms. The first kappa shape index (κ1) is 39.2. The van der Waals surface area contributed by atoms with Crippen molar-refractivity contribution < 1.29 is 24.2 Å². The van der Waals surface area contributed by atoms with E-state index in [-0.39, 0.29) is 30.6 Å². The first-order valence-electron chi connectivity index (χ1n) is 19.0. The van der Waals surface area contributed by atoms with Crippen LogP contribution in [0.5, 0.6) is 0 Å². The van der Waals surface area contributed by atoms with Gasteiger partial charge >= 0.3 is 0 Å². The van der Waals surface area contributed by atoms with Gasteiger partial charge in [0, 0.05) is 37.1 Å². The first-order chi connectivity index (χ1) is 27.4. The second-order valence-corrected chi connectivity index (χ2v) is 16.2. The molecule has 2 amide bonds. The molecule has 5 N–H and O–H groups in total. The number of nitrogen functional groups attached to an aromatic ring is 1. The number of unbranched alkanes of at least 4 members (excludes halogenated alkanes) is 2. The summed E-state index contributed by atoms with van der Waals surface area (Å²) < 4.78 is 15.4. The van der Waals surface area contributed by atoms with Crippen LogP contribution in [0, 0.1) is 0 Å². The van der Waals surface area contributed by atoms with E-state index in [0.717, 1.165) is 55.4 Å². The topological polar surface area (TPSA) is 136 Å². The summed E-state index contributed by atoms with van der Waals surface area (Å²) in [6.45, 7) is 0.410. The third kappa shape index (κ3) is 10.4. The lowest BCUT2D eigenvalue weighted by molar-refractivity contribution is -0.245. The van der Waals surface area contributed by atoms with Crippen molar-refractivity contribution >= 4 is 56.5 Å². The largest absolute Gasteiger partial charge is 0.397 e. The molecule has 9 nitrogen and oxygen atoms in total. The van der Waals surface area contributed by atoms with E-state index in [1.165, 1.54) is 4.70 Å².